The van der Waals surface area contributed by atoms with Crippen molar-refractivity contribution in [2.45, 2.75) is 12.2 Å². The monoisotopic (exact) mass is 173 g/mol. The molecule has 0 bridgehead atoms. The summed E-state index contributed by atoms with van der Waals surface area (Å²) in [7, 11) is -5.08. The maximum atomic E-state index is 12.0. The number of carbonyl (C=O) groups excluding carboxylic acids is 1. The lowest BCUT2D eigenvalue weighted by atomic mass is 10.5. The Morgan fingerprint density at radius 2 is 1.80 bits per heavy atom. The van der Waals surface area contributed by atoms with Crippen molar-refractivity contribution in [3.63, 3.8) is 0 Å². The number of rotatable bonds is 2. The maximum absolute atomic E-state index is 12.0. The van der Waals surface area contributed by atoms with E-state index in [1.807, 2.05) is 0 Å². The first-order valence-corrected chi connectivity index (χ1v) is 3.65. The van der Waals surface area contributed by atoms with E-state index in [1.54, 1.807) is 0 Å². The smallest absolute Gasteiger partial charge is 0.292 e. The van der Waals surface area contributed by atoms with E-state index in [0.717, 1.165) is 0 Å². The summed E-state index contributed by atoms with van der Waals surface area (Å²) in [6.45, 7) is 0.449. The minimum absolute atomic E-state index is 0.449. The van der Waals surface area contributed by atoms with Crippen LogP contribution in [0.5, 0.6) is 0 Å². The van der Waals surface area contributed by atoms with Crippen LogP contribution in [-0.2, 0) is 14.8 Å². The van der Waals surface area contributed by atoms with Crippen LogP contribution in [0.2, 0.25) is 0 Å². The van der Waals surface area contributed by atoms with Gasteiger partial charge in [-0.2, -0.15) is 8.78 Å². The number of hydrogen-bond acceptors (Lipinski definition) is 3. The number of hydrogen-bond donors (Lipinski definition) is 1. The molecule has 60 valence electrons. The average Bonchev–Trinajstić information content (AvgIpc) is 1.62. The lowest BCUT2D eigenvalue weighted by Gasteiger charge is -2.07. The van der Waals surface area contributed by atoms with E-state index in [1.165, 1.54) is 0 Å². The summed E-state index contributed by atoms with van der Waals surface area (Å²) in [5, 5.41) is -0.436. The number of nitrogens with two attached hydrogens (primary N) is 1. The zero-order valence-corrected chi connectivity index (χ0v) is 5.78. The molecule has 0 rings (SSSR count). The molecule has 0 aliphatic rings. The van der Waals surface area contributed by atoms with Gasteiger partial charge < -0.3 is 0 Å². The first kappa shape index (κ1) is 9.44. The molecule has 0 aromatic carbocycles. The van der Waals surface area contributed by atoms with Crippen LogP contribution in [0.15, 0.2) is 0 Å². The molecule has 0 atom stereocenters. The van der Waals surface area contributed by atoms with E-state index >= 15 is 0 Å². The highest BCUT2D eigenvalue weighted by Crippen LogP contribution is 2.18. The van der Waals surface area contributed by atoms with Crippen molar-refractivity contribution in [2.75, 3.05) is 0 Å². The summed E-state index contributed by atoms with van der Waals surface area (Å²) >= 11 is 0. The highest BCUT2D eigenvalue weighted by atomic mass is 32.2. The first-order chi connectivity index (χ1) is 4.19. The van der Waals surface area contributed by atoms with Gasteiger partial charge in [0.25, 0.3) is 10.0 Å². The quantitative estimate of drug-likeness (QED) is 0.609. The third-order valence-corrected chi connectivity index (χ3v) is 1.77. The van der Waals surface area contributed by atoms with E-state index < -0.39 is 21.1 Å². The van der Waals surface area contributed by atoms with Crippen LogP contribution < -0.4 is 5.14 Å². The Balaban J connectivity index is 4.95. The van der Waals surface area contributed by atoms with E-state index in [-0.39, 0.29) is 0 Å². The van der Waals surface area contributed by atoms with Gasteiger partial charge in [-0.3, -0.25) is 4.79 Å². The second kappa shape index (κ2) is 2.24. The van der Waals surface area contributed by atoms with E-state index in [2.05, 4.69) is 5.14 Å². The molecule has 0 unspecified atom stereocenters. The summed E-state index contributed by atoms with van der Waals surface area (Å²) in [6.07, 6.45) is 0. The Morgan fingerprint density at radius 3 is 1.80 bits per heavy atom. The van der Waals surface area contributed by atoms with Crippen LogP contribution in [0, 0.1) is 0 Å². The third-order valence-electron chi connectivity index (χ3n) is 0.767. The van der Waals surface area contributed by atoms with Crippen LogP contribution in [0.4, 0.5) is 8.78 Å². The van der Waals surface area contributed by atoms with E-state index in [0.29, 0.717) is 6.92 Å². The number of alkyl halides is 2. The predicted octanol–water partition coefficient (Wildman–Crippen LogP) is -0.543. The highest BCUT2D eigenvalue weighted by molar-refractivity contribution is 7.91. The number of ketones is 1. The average molecular weight is 173 g/mol. The van der Waals surface area contributed by atoms with Crippen LogP contribution >= 0.6 is 0 Å². The largest absolute Gasteiger partial charge is 0.415 e. The topological polar surface area (TPSA) is 77.2 Å². The zero-order valence-electron chi connectivity index (χ0n) is 4.97. The molecule has 0 amide bonds. The van der Waals surface area contributed by atoms with Gasteiger partial charge in [0, 0.05) is 6.92 Å². The van der Waals surface area contributed by atoms with E-state index in [4.69, 9.17) is 0 Å². The molecule has 0 fully saturated rings. The number of carbonyl (C=O) groups is 1. The Labute approximate surface area is 56.1 Å². The number of Topliss-reactive ketones (excluding diaryl/α,β-unsaturated/α-hetero) is 1. The zero-order chi connectivity index (χ0) is 8.58. The van der Waals surface area contributed by atoms with Crippen molar-refractivity contribution >= 4 is 15.8 Å². The van der Waals surface area contributed by atoms with Crippen molar-refractivity contribution in [1.29, 1.82) is 0 Å². The first-order valence-electron chi connectivity index (χ1n) is 2.11. The lowest BCUT2D eigenvalue weighted by molar-refractivity contribution is -0.130. The Bertz CT molecular complexity index is 244. The molecule has 10 heavy (non-hydrogen) atoms. The second-order valence-electron chi connectivity index (χ2n) is 1.62. The minimum atomic E-state index is -5.08. The fourth-order valence-electron chi connectivity index (χ4n) is 0.200. The van der Waals surface area contributed by atoms with Gasteiger partial charge in [0.15, 0.2) is 0 Å². The molecule has 7 heteroatoms. The van der Waals surface area contributed by atoms with Gasteiger partial charge in [0.05, 0.1) is 0 Å². The number of halogens is 2. The fraction of sp³-hybridized carbons (Fsp3) is 0.667. The standard InChI is InChI=1S/C3H5F2NO3S/c1-2(7)3(4,5)10(6,8)9/h1H3,(H2,6,8,9). The molecule has 4 nitrogen and oxygen atoms in total. The van der Waals surface area contributed by atoms with Crippen molar-refractivity contribution in [1.82, 2.24) is 0 Å². The molecule has 0 aliphatic carbocycles. The summed E-state index contributed by atoms with van der Waals surface area (Å²) < 4.78 is 43.8. The van der Waals surface area contributed by atoms with E-state index in [9.17, 15) is 22.0 Å². The molecular formula is C3H5F2NO3S. The Hall–Kier alpha value is -0.560. The molecular weight excluding hydrogens is 168 g/mol. The third kappa shape index (κ3) is 1.48. The molecule has 0 spiro atoms. The maximum Gasteiger partial charge on any atom is 0.415 e. The van der Waals surface area contributed by atoms with Crippen molar-refractivity contribution in [3.8, 4) is 0 Å². The van der Waals surface area contributed by atoms with Gasteiger partial charge in [-0.1, -0.05) is 0 Å². The minimum Gasteiger partial charge on any atom is -0.292 e. The molecule has 0 saturated carbocycles. The predicted molar refractivity (Wildman–Crippen MR) is 28.7 cm³/mol. The molecule has 0 aliphatic heterocycles. The van der Waals surface area contributed by atoms with Crippen molar-refractivity contribution < 1.29 is 22.0 Å². The number of primary sulfonamides is 1. The van der Waals surface area contributed by atoms with Crippen LogP contribution in [0.3, 0.4) is 0 Å². The Kier molecular flexibility index (Phi) is 2.12. The molecule has 0 aromatic heterocycles. The Morgan fingerprint density at radius 1 is 1.50 bits per heavy atom. The molecule has 2 N–H and O–H groups in total. The van der Waals surface area contributed by atoms with Gasteiger partial charge in [-0.05, 0) is 0 Å². The SMILES string of the molecule is CC(=O)C(F)(F)S(N)(=O)=O. The van der Waals surface area contributed by atoms with Gasteiger partial charge in [-0.25, -0.2) is 13.6 Å². The van der Waals surface area contributed by atoms with Crippen LogP contribution in [0.25, 0.3) is 0 Å². The van der Waals surface area contributed by atoms with Gasteiger partial charge in [-0.15, -0.1) is 0 Å². The summed E-state index contributed by atoms with van der Waals surface area (Å²) in [6, 6.07) is 0. The molecule has 0 aromatic rings. The van der Waals surface area contributed by atoms with Crippen molar-refractivity contribution in [2.24, 2.45) is 5.14 Å². The highest BCUT2D eigenvalue weighted by Gasteiger charge is 2.47. The molecule has 0 radical (unpaired) electrons. The van der Waals surface area contributed by atoms with Crippen LogP contribution in [0.1, 0.15) is 6.92 Å². The second-order valence-corrected chi connectivity index (χ2v) is 3.22. The lowest BCUT2D eigenvalue weighted by Crippen LogP contribution is -2.40. The van der Waals surface area contributed by atoms with Gasteiger partial charge in [0.1, 0.15) is 0 Å². The van der Waals surface area contributed by atoms with Crippen LogP contribution in [-0.4, -0.2) is 19.5 Å². The molecule has 0 saturated heterocycles. The van der Waals surface area contributed by atoms with Gasteiger partial charge in [0.2, 0.25) is 5.78 Å². The fourth-order valence-corrected chi connectivity index (χ4v) is 0.601. The summed E-state index contributed by atoms with van der Waals surface area (Å²) in [5.74, 6) is -1.78. The normalized spacial score (nSPS) is 13.2. The number of sulfonamides is 1. The summed E-state index contributed by atoms with van der Waals surface area (Å²) in [5.41, 5.74) is 0. The molecule has 0 heterocycles. The van der Waals surface area contributed by atoms with Gasteiger partial charge >= 0.3 is 5.25 Å². The van der Waals surface area contributed by atoms with Crippen molar-refractivity contribution in [3.05, 3.63) is 0 Å². The summed E-state index contributed by atoms with van der Waals surface area (Å²) in [4.78, 5) is 9.90.